The lowest BCUT2D eigenvalue weighted by atomic mass is 10.0. The van der Waals surface area contributed by atoms with Gasteiger partial charge in [-0.15, -0.1) is 0 Å². The van der Waals surface area contributed by atoms with Crippen molar-refractivity contribution in [1.29, 1.82) is 0 Å². The van der Waals surface area contributed by atoms with E-state index in [1.807, 2.05) is 31.2 Å². The lowest BCUT2D eigenvalue weighted by Gasteiger charge is -2.08. The van der Waals surface area contributed by atoms with E-state index in [0.29, 0.717) is 6.61 Å². The Balaban J connectivity index is 2.26. The van der Waals surface area contributed by atoms with E-state index in [0.717, 1.165) is 11.1 Å². The average molecular weight is 178 g/mol. The van der Waals surface area contributed by atoms with Gasteiger partial charge in [0.1, 0.15) is 6.61 Å². The number of carbonyl (C=O) groups excluding carboxylic acids is 1. The van der Waals surface area contributed by atoms with Crippen LogP contribution in [0.3, 0.4) is 0 Å². The van der Waals surface area contributed by atoms with E-state index in [1.54, 1.807) is 0 Å². The van der Waals surface area contributed by atoms with E-state index in [9.17, 15) is 4.79 Å². The predicted octanol–water partition coefficient (Wildman–Crippen LogP) is 2.20. The first kappa shape index (κ1) is 8.10. The van der Waals surface area contributed by atoms with Crippen molar-refractivity contribution >= 4 is 6.16 Å². The highest BCUT2D eigenvalue weighted by molar-refractivity contribution is 5.62. The summed E-state index contributed by atoms with van der Waals surface area (Å²) in [7, 11) is 0. The molecule has 3 nitrogen and oxygen atoms in total. The summed E-state index contributed by atoms with van der Waals surface area (Å²) in [6, 6.07) is 7.81. The maximum Gasteiger partial charge on any atom is 0.509 e. The number of benzene rings is 1. The van der Waals surface area contributed by atoms with Crippen molar-refractivity contribution in [3.05, 3.63) is 35.4 Å². The summed E-state index contributed by atoms with van der Waals surface area (Å²) in [5.74, 6) is 0. The molecule has 1 atom stereocenters. The van der Waals surface area contributed by atoms with E-state index in [4.69, 9.17) is 9.47 Å². The summed E-state index contributed by atoms with van der Waals surface area (Å²) in [5, 5.41) is 0. The fraction of sp³-hybridized carbons (Fsp3) is 0.300. The van der Waals surface area contributed by atoms with Crippen LogP contribution in [0.25, 0.3) is 0 Å². The summed E-state index contributed by atoms with van der Waals surface area (Å²) in [4.78, 5) is 10.7. The van der Waals surface area contributed by atoms with Gasteiger partial charge >= 0.3 is 6.16 Å². The third kappa shape index (κ3) is 1.49. The zero-order valence-corrected chi connectivity index (χ0v) is 7.32. The minimum absolute atomic E-state index is 0.228. The summed E-state index contributed by atoms with van der Waals surface area (Å²) in [6.45, 7) is 2.31. The van der Waals surface area contributed by atoms with Crippen LogP contribution >= 0.6 is 0 Å². The molecule has 3 heteroatoms. The molecule has 1 heterocycles. The van der Waals surface area contributed by atoms with Gasteiger partial charge in [0.25, 0.3) is 0 Å². The maximum atomic E-state index is 10.7. The average Bonchev–Trinajstić information content (AvgIpc) is 2.53. The zero-order chi connectivity index (χ0) is 9.26. The Morgan fingerprint density at radius 2 is 2.15 bits per heavy atom. The molecule has 1 aliphatic heterocycles. The van der Waals surface area contributed by atoms with Gasteiger partial charge in [0.2, 0.25) is 0 Å². The standard InChI is InChI=1S/C10H10O3/c1-7-4-2-3-5-8(7)9-6-12-10(11)13-9/h2-5,9H,6H2,1H3. The van der Waals surface area contributed by atoms with Crippen LogP contribution in [0.4, 0.5) is 4.79 Å². The van der Waals surface area contributed by atoms with Crippen LogP contribution in [-0.2, 0) is 9.47 Å². The summed E-state index contributed by atoms with van der Waals surface area (Å²) in [6.07, 6.45) is -0.804. The fourth-order valence-corrected chi connectivity index (χ4v) is 1.43. The van der Waals surface area contributed by atoms with E-state index >= 15 is 0 Å². The Morgan fingerprint density at radius 3 is 2.77 bits per heavy atom. The lowest BCUT2D eigenvalue weighted by molar-refractivity contribution is 0.118. The van der Waals surface area contributed by atoms with Crippen LogP contribution in [0.5, 0.6) is 0 Å². The number of cyclic esters (lactones) is 2. The van der Waals surface area contributed by atoms with E-state index in [1.165, 1.54) is 0 Å². The van der Waals surface area contributed by atoms with Gasteiger partial charge in [-0.05, 0) is 18.1 Å². The minimum Gasteiger partial charge on any atom is -0.430 e. The Hall–Kier alpha value is -1.51. The summed E-state index contributed by atoms with van der Waals surface area (Å²) in [5.41, 5.74) is 2.14. The molecule has 1 aromatic rings. The van der Waals surface area contributed by atoms with Gasteiger partial charge < -0.3 is 9.47 Å². The van der Waals surface area contributed by atoms with Crippen molar-refractivity contribution in [2.24, 2.45) is 0 Å². The van der Waals surface area contributed by atoms with E-state index in [-0.39, 0.29) is 6.10 Å². The molecule has 0 aliphatic carbocycles. The number of carbonyl (C=O) groups is 1. The third-order valence-corrected chi connectivity index (χ3v) is 2.13. The smallest absolute Gasteiger partial charge is 0.430 e. The van der Waals surface area contributed by atoms with Gasteiger partial charge in [-0.2, -0.15) is 0 Å². The topological polar surface area (TPSA) is 35.5 Å². The molecular weight excluding hydrogens is 168 g/mol. The van der Waals surface area contributed by atoms with Gasteiger partial charge in [0.15, 0.2) is 6.10 Å². The highest BCUT2D eigenvalue weighted by Gasteiger charge is 2.27. The van der Waals surface area contributed by atoms with Gasteiger partial charge in [-0.1, -0.05) is 24.3 Å². The van der Waals surface area contributed by atoms with Gasteiger partial charge in [-0.25, -0.2) is 4.79 Å². The van der Waals surface area contributed by atoms with Crippen LogP contribution in [0, 0.1) is 6.92 Å². The molecule has 0 N–H and O–H groups in total. The molecule has 0 spiro atoms. The first-order valence-electron chi connectivity index (χ1n) is 4.16. The molecule has 2 rings (SSSR count). The van der Waals surface area contributed by atoms with Crippen molar-refractivity contribution in [2.45, 2.75) is 13.0 Å². The number of hydrogen-bond donors (Lipinski definition) is 0. The van der Waals surface area contributed by atoms with Crippen LogP contribution in [0.1, 0.15) is 17.2 Å². The molecule has 1 aliphatic rings. The van der Waals surface area contributed by atoms with Crippen LogP contribution in [0.15, 0.2) is 24.3 Å². The normalized spacial score (nSPS) is 21.0. The zero-order valence-electron chi connectivity index (χ0n) is 7.32. The Labute approximate surface area is 76.3 Å². The lowest BCUT2D eigenvalue weighted by Crippen LogP contribution is -2.02. The third-order valence-electron chi connectivity index (χ3n) is 2.13. The molecule has 0 saturated carbocycles. The molecule has 0 aromatic heterocycles. The number of aryl methyl sites for hydroxylation is 1. The Morgan fingerprint density at radius 1 is 1.38 bits per heavy atom. The first-order valence-corrected chi connectivity index (χ1v) is 4.16. The van der Waals surface area contributed by atoms with Crippen molar-refractivity contribution in [1.82, 2.24) is 0 Å². The number of hydrogen-bond acceptors (Lipinski definition) is 3. The molecule has 68 valence electrons. The molecule has 1 aromatic carbocycles. The number of rotatable bonds is 1. The van der Waals surface area contributed by atoms with E-state index in [2.05, 4.69) is 0 Å². The van der Waals surface area contributed by atoms with Gasteiger partial charge in [0.05, 0.1) is 0 Å². The molecule has 1 fully saturated rings. The molecule has 0 amide bonds. The van der Waals surface area contributed by atoms with Crippen molar-refractivity contribution in [3.63, 3.8) is 0 Å². The van der Waals surface area contributed by atoms with Crippen molar-refractivity contribution in [3.8, 4) is 0 Å². The fourth-order valence-electron chi connectivity index (χ4n) is 1.43. The Bertz CT molecular complexity index is 333. The highest BCUT2D eigenvalue weighted by Crippen LogP contribution is 2.25. The quantitative estimate of drug-likeness (QED) is 0.618. The van der Waals surface area contributed by atoms with Crippen LogP contribution in [0.2, 0.25) is 0 Å². The van der Waals surface area contributed by atoms with Crippen LogP contribution < -0.4 is 0 Å². The second-order valence-electron chi connectivity index (χ2n) is 3.02. The molecular formula is C10H10O3. The van der Waals surface area contributed by atoms with Crippen LogP contribution in [-0.4, -0.2) is 12.8 Å². The second kappa shape index (κ2) is 3.09. The maximum absolute atomic E-state index is 10.7. The number of ether oxygens (including phenoxy) is 2. The summed E-state index contributed by atoms with van der Waals surface area (Å²) < 4.78 is 9.68. The predicted molar refractivity (Wildman–Crippen MR) is 46.4 cm³/mol. The molecule has 1 unspecified atom stereocenters. The van der Waals surface area contributed by atoms with Crippen molar-refractivity contribution < 1.29 is 14.3 Å². The first-order chi connectivity index (χ1) is 6.27. The highest BCUT2D eigenvalue weighted by atomic mass is 16.8. The largest absolute Gasteiger partial charge is 0.509 e. The van der Waals surface area contributed by atoms with E-state index < -0.39 is 6.16 Å². The van der Waals surface area contributed by atoms with Crippen molar-refractivity contribution in [2.75, 3.05) is 6.61 Å². The monoisotopic (exact) mass is 178 g/mol. The SMILES string of the molecule is Cc1ccccc1C1COC(=O)O1. The molecule has 0 bridgehead atoms. The molecule has 0 radical (unpaired) electrons. The molecule has 13 heavy (non-hydrogen) atoms. The second-order valence-corrected chi connectivity index (χ2v) is 3.02. The summed E-state index contributed by atoms with van der Waals surface area (Å²) >= 11 is 0. The van der Waals surface area contributed by atoms with Gasteiger partial charge in [0, 0.05) is 0 Å². The molecule has 1 saturated heterocycles. The Kier molecular flexibility index (Phi) is 1.93. The van der Waals surface area contributed by atoms with Gasteiger partial charge in [-0.3, -0.25) is 0 Å². The minimum atomic E-state index is -0.576.